The lowest BCUT2D eigenvalue weighted by molar-refractivity contribution is -0.383. The number of hydrogen-bond donors (Lipinski definition) is 0. The van der Waals surface area contributed by atoms with E-state index in [9.17, 15) is 10.1 Å². The molecule has 0 fully saturated rings. The van der Waals surface area contributed by atoms with E-state index in [0.29, 0.717) is 0 Å². The van der Waals surface area contributed by atoms with Crippen LogP contribution in [-0.4, -0.2) is 14.4 Å². The number of benzene rings is 1. The van der Waals surface area contributed by atoms with Crippen LogP contribution in [0.25, 0.3) is 0 Å². The van der Waals surface area contributed by atoms with Crippen molar-refractivity contribution in [1.29, 1.82) is 0 Å². The minimum Gasteiger partial charge on any atom is -0.258 e. The predicted molar refractivity (Wildman–Crippen MR) is 45.4 cm³/mol. The van der Waals surface area contributed by atoms with Gasteiger partial charge in [-0.25, -0.2) is 0 Å². The first-order valence-electron chi connectivity index (χ1n) is 3.33. The number of hydrogen-bond acceptors (Lipinski definition) is 2. The average Bonchev–Trinajstić information content (AvgIpc) is 2.49. The van der Waals surface area contributed by atoms with Crippen molar-refractivity contribution in [2.45, 2.75) is 0 Å². The van der Waals surface area contributed by atoms with Crippen LogP contribution in [0.5, 0.6) is 0 Å². The highest BCUT2D eigenvalue weighted by Gasteiger charge is 2.18. The zero-order valence-corrected chi connectivity index (χ0v) is 7.00. The molecule has 0 atom stereocenters. The molecule has 0 saturated heterocycles. The summed E-state index contributed by atoms with van der Waals surface area (Å²) in [5.74, 6) is 2.85. The lowest BCUT2D eigenvalue weighted by Crippen LogP contribution is -2.17. The Labute approximate surface area is 71.4 Å². The highest BCUT2D eigenvalue weighted by molar-refractivity contribution is 6.65. The average molecular weight is 173 g/mol. The Morgan fingerprint density at radius 3 is 3.08 bits per heavy atom. The van der Waals surface area contributed by atoms with Gasteiger partial charge >= 0.3 is 0 Å². The van der Waals surface area contributed by atoms with Crippen molar-refractivity contribution >= 4 is 20.4 Å². The number of nitrogens with zero attached hydrogens (tertiary/aromatic N) is 1. The largest absolute Gasteiger partial charge is 0.270 e. The molecule has 4 heteroatoms. The third-order valence-electron chi connectivity index (χ3n) is 1.62. The molecule has 0 amide bonds. The van der Waals surface area contributed by atoms with Crippen LogP contribution < -0.4 is 5.19 Å². The van der Waals surface area contributed by atoms with E-state index >= 15 is 0 Å². The summed E-state index contributed by atoms with van der Waals surface area (Å²) in [6.45, 7) is 0. The third-order valence-corrected chi connectivity index (χ3v) is 2.65. The summed E-state index contributed by atoms with van der Waals surface area (Å²) in [7, 11) is 0.269. The van der Waals surface area contributed by atoms with Gasteiger partial charge in [0.2, 0.25) is 0 Å². The lowest BCUT2D eigenvalue weighted by atomic mass is 10.2. The Balaban J connectivity index is 2.62. The Kier molecular flexibility index (Phi) is 1.45. The summed E-state index contributed by atoms with van der Waals surface area (Å²) in [5, 5.41) is 11.3. The lowest BCUT2D eigenvalue weighted by Gasteiger charge is -1.96. The third kappa shape index (κ3) is 0.916. The van der Waals surface area contributed by atoms with Gasteiger partial charge in [0.15, 0.2) is 9.52 Å². The zero-order chi connectivity index (χ0) is 8.55. The maximum Gasteiger partial charge on any atom is 0.270 e. The molecule has 56 valence electrons. The SMILES string of the molecule is O=[N+]([O-])c1cccc2c1[Si]C#C2. The van der Waals surface area contributed by atoms with E-state index in [1.807, 2.05) is 6.07 Å². The molecule has 1 heterocycles. The summed E-state index contributed by atoms with van der Waals surface area (Å²) in [6.07, 6.45) is 0. The van der Waals surface area contributed by atoms with Gasteiger partial charge in [-0.15, -0.1) is 5.54 Å². The van der Waals surface area contributed by atoms with Crippen molar-refractivity contribution in [2.75, 3.05) is 0 Å². The zero-order valence-electron chi connectivity index (χ0n) is 6.00. The molecule has 2 radical (unpaired) electrons. The summed E-state index contributed by atoms with van der Waals surface area (Å²) in [4.78, 5) is 10.2. The summed E-state index contributed by atoms with van der Waals surface area (Å²) >= 11 is 0. The Morgan fingerprint density at radius 1 is 1.50 bits per heavy atom. The number of fused-ring (bicyclic) bond motifs is 1. The van der Waals surface area contributed by atoms with Crippen molar-refractivity contribution in [3.05, 3.63) is 33.9 Å². The molecule has 1 aromatic rings. The fourth-order valence-corrected chi connectivity index (χ4v) is 1.99. The number of rotatable bonds is 1. The quantitative estimate of drug-likeness (QED) is 0.264. The molecule has 1 aromatic carbocycles. The van der Waals surface area contributed by atoms with Gasteiger partial charge in [-0.2, -0.15) is 0 Å². The smallest absolute Gasteiger partial charge is 0.258 e. The monoisotopic (exact) mass is 173 g/mol. The Morgan fingerprint density at radius 2 is 2.33 bits per heavy atom. The molecule has 0 N–H and O–H groups in total. The molecule has 1 aliphatic heterocycles. The molecule has 2 rings (SSSR count). The maximum atomic E-state index is 10.5. The van der Waals surface area contributed by atoms with Crippen LogP contribution in [0.3, 0.4) is 0 Å². The van der Waals surface area contributed by atoms with Gasteiger partial charge in [0.25, 0.3) is 5.69 Å². The fourth-order valence-electron chi connectivity index (χ4n) is 1.09. The van der Waals surface area contributed by atoms with E-state index in [1.54, 1.807) is 6.07 Å². The first-order valence-corrected chi connectivity index (χ1v) is 4.33. The molecule has 0 aliphatic carbocycles. The maximum absolute atomic E-state index is 10.5. The molecule has 12 heavy (non-hydrogen) atoms. The first kappa shape index (κ1) is 7.07. The van der Waals surface area contributed by atoms with E-state index in [2.05, 4.69) is 11.5 Å². The van der Waals surface area contributed by atoms with Crippen LogP contribution in [0.2, 0.25) is 0 Å². The standard InChI is InChI=1S/C8H3NO2Si/c10-9(11)7-3-1-2-6-4-5-12-8(6)7/h1-3H. The van der Waals surface area contributed by atoms with Crippen LogP contribution in [-0.2, 0) is 0 Å². The normalized spacial score (nSPS) is 11.7. The Bertz CT molecular complexity index is 417. The molecule has 0 saturated carbocycles. The van der Waals surface area contributed by atoms with Crippen molar-refractivity contribution in [2.24, 2.45) is 0 Å². The summed E-state index contributed by atoms with van der Waals surface area (Å²) < 4.78 is 0. The van der Waals surface area contributed by atoms with Crippen LogP contribution in [0.4, 0.5) is 5.69 Å². The van der Waals surface area contributed by atoms with E-state index in [-0.39, 0.29) is 20.1 Å². The van der Waals surface area contributed by atoms with Crippen molar-refractivity contribution in [3.63, 3.8) is 0 Å². The molecule has 0 unspecified atom stereocenters. The highest BCUT2D eigenvalue weighted by Crippen LogP contribution is 2.10. The number of nitro benzene ring substituents is 1. The van der Waals surface area contributed by atoms with Crippen LogP contribution in [0, 0.1) is 21.6 Å². The van der Waals surface area contributed by atoms with Gasteiger partial charge in [0, 0.05) is 16.8 Å². The topological polar surface area (TPSA) is 43.1 Å². The van der Waals surface area contributed by atoms with Gasteiger partial charge in [-0.3, -0.25) is 10.1 Å². The Hall–Kier alpha value is -1.60. The highest BCUT2D eigenvalue weighted by atomic mass is 28.2. The van der Waals surface area contributed by atoms with Gasteiger partial charge in [0.1, 0.15) is 0 Å². The minimum atomic E-state index is -0.361. The van der Waals surface area contributed by atoms with E-state index < -0.39 is 0 Å². The van der Waals surface area contributed by atoms with Crippen LogP contribution in [0.15, 0.2) is 18.2 Å². The second kappa shape index (κ2) is 2.46. The molecule has 3 nitrogen and oxygen atoms in total. The first-order chi connectivity index (χ1) is 5.79. The second-order valence-corrected chi connectivity index (χ2v) is 3.33. The molecule has 0 aromatic heterocycles. The fraction of sp³-hybridized carbons (Fsp3) is 0. The van der Waals surface area contributed by atoms with Crippen molar-refractivity contribution in [1.82, 2.24) is 0 Å². The molecular formula is C8H3NO2Si. The minimum absolute atomic E-state index is 0.184. The molecule has 1 aliphatic rings. The second-order valence-electron chi connectivity index (χ2n) is 2.33. The summed E-state index contributed by atoms with van der Waals surface area (Å²) in [6, 6.07) is 5.00. The van der Waals surface area contributed by atoms with Crippen molar-refractivity contribution in [3.8, 4) is 11.5 Å². The van der Waals surface area contributed by atoms with E-state index in [0.717, 1.165) is 10.8 Å². The number of nitro groups is 1. The molecule has 0 bridgehead atoms. The van der Waals surface area contributed by atoms with Gasteiger partial charge < -0.3 is 0 Å². The molecular weight excluding hydrogens is 170 g/mol. The molecule has 0 spiro atoms. The van der Waals surface area contributed by atoms with E-state index in [1.165, 1.54) is 6.07 Å². The van der Waals surface area contributed by atoms with Crippen LogP contribution in [0.1, 0.15) is 5.56 Å². The van der Waals surface area contributed by atoms with Crippen LogP contribution >= 0.6 is 0 Å². The van der Waals surface area contributed by atoms with E-state index in [4.69, 9.17) is 0 Å². The predicted octanol–water partition coefficient (Wildman–Crippen LogP) is 0.247. The van der Waals surface area contributed by atoms with Gasteiger partial charge in [0.05, 0.1) is 4.92 Å². The van der Waals surface area contributed by atoms with Gasteiger partial charge in [-0.1, -0.05) is 12.0 Å². The summed E-state index contributed by atoms with van der Waals surface area (Å²) in [5.41, 5.74) is 3.85. The van der Waals surface area contributed by atoms with Crippen molar-refractivity contribution < 1.29 is 4.92 Å². The van der Waals surface area contributed by atoms with Gasteiger partial charge in [-0.05, 0) is 6.07 Å².